The van der Waals surface area contributed by atoms with Gasteiger partial charge in [-0.25, -0.2) is 4.98 Å². The van der Waals surface area contributed by atoms with Crippen molar-refractivity contribution in [2.75, 3.05) is 0 Å². The highest BCUT2D eigenvalue weighted by atomic mass is 16.1. The second-order valence-corrected chi connectivity index (χ2v) is 4.55. The standard InChI is InChI=1S/C16H19N3O/c1-2-16(20)18-13-15-17-10-12-19(15)11-6-9-14-7-4-3-5-8-14/h2-5,7-8,10,12H,1,6,9,11,13H2,(H,18,20). The van der Waals surface area contributed by atoms with E-state index in [-0.39, 0.29) is 5.91 Å². The molecule has 1 aromatic carbocycles. The molecule has 0 atom stereocenters. The normalized spacial score (nSPS) is 10.2. The number of nitrogens with zero attached hydrogens (tertiary/aromatic N) is 2. The summed E-state index contributed by atoms with van der Waals surface area (Å²) >= 11 is 0. The molecular weight excluding hydrogens is 250 g/mol. The van der Waals surface area contributed by atoms with Crippen LogP contribution in [0.2, 0.25) is 0 Å². The van der Waals surface area contributed by atoms with Gasteiger partial charge >= 0.3 is 0 Å². The minimum atomic E-state index is -0.177. The Morgan fingerprint density at radius 1 is 1.35 bits per heavy atom. The van der Waals surface area contributed by atoms with Crippen molar-refractivity contribution in [3.05, 3.63) is 66.8 Å². The molecule has 1 amide bonds. The summed E-state index contributed by atoms with van der Waals surface area (Å²) in [6.07, 6.45) is 7.06. The monoisotopic (exact) mass is 269 g/mol. The summed E-state index contributed by atoms with van der Waals surface area (Å²) in [6, 6.07) is 10.4. The lowest BCUT2D eigenvalue weighted by Crippen LogP contribution is -2.22. The first-order valence-electron chi connectivity index (χ1n) is 6.74. The number of hydrogen-bond acceptors (Lipinski definition) is 2. The summed E-state index contributed by atoms with van der Waals surface area (Å²) in [6.45, 7) is 4.76. The first-order valence-corrected chi connectivity index (χ1v) is 6.74. The van der Waals surface area contributed by atoms with Gasteiger partial charge in [0.05, 0.1) is 6.54 Å². The number of nitrogens with one attached hydrogen (secondary N) is 1. The Hall–Kier alpha value is -2.36. The van der Waals surface area contributed by atoms with Crippen LogP contribution in [0.1, 0.15) is 17.8 Å². The summed E-state index contributed by atoms with van der Waals surface area (Å²) in [5.41, 5.74) is 1.34. The van der Waals surface area contributed by atoms with Gasteiger partial charge in [0.2, 0.25) is 5.91 Å². The molecule has 4 heteroatoms. The van der Waals surface area contributed by atoms with E-state index in [1.165, 1.54) is 11.6 Å². The third kappa shape index (κ3) is 4.09. The van der Waals surface area contributed by atoms with Gasteiger partial charge in [0.25, 0.3) is 0 Å². The van der Waals surface area contributed by atoms with Gasteiger partial charge in [0, 0.05) is 18.9 Å². The predicted octanol–water partition coefficient (Wildman–Crippen LogP) is 2.32. The van der Waals surface area contributed by atoms with Crippen molar-refractivity contribution in [2.45, 2.75) is 25.9 Å². The fourth-order valence-electron chi connectivity index (χ4n) is 2.05. The maximum atomic E-state index is 11.2. The summed E-state index contributed by atoms with van der Waals surface area (Å²) in [5, 5.41) is 2.74. The van der Waals surface area contributed by atoms with Gasteiger partial charge < -0.3 is 9.88 Å². The SMILES string of the molecule is C=CC(=O)NCc1nccn1CCCc1ccccc1. The topological polar surface area (TPSA) is 46.9 Å². The fourth-order valence-corrected chi connectivity index (χ4v) is 2.05. The molecule has 2 aromatic rings. The lowest BCUT2D eigenvalue weighted by molar-refractivity contribution is -0.116. The lowest BCUT2D eigenvalue weighted by atomic mass is 10.1. The average molecular weight is 269 g/mol. The Kier molecular flexibility index (Phi) is 5.12. The highest BCUT2D eigenvalue weighted by molar-refractivity contribution is 5.86. The van der Waals surface area contributed by atoms with Crippen molar-refractivity contribution in [3.8, 4) is 0 Å². The number of aryl methyl sites for hydroxylation is 2. The third-order valence-electron chi connectivity index (χ3n) is 3.12. The van der Waals surface area contributed by atoms with E-state index in [1.807, 2.05) is 12.3 Å². The summed E-state index contributed by atoms with van der Waals surface area (Å²) < 4.78 is 2.08. The molecule has 0 aliphatic carbocycles. The van der Waals surface area contributed by atoms with E-state index >= 15 is 0 Å². The number of carbonyl (C=O) groups is 1. The lowest BCUT2D eigenvalue weighted by Gasteiger charge is -2.08. The van der Waals surface area contributed by atoms with Gasteiger partial charge in [-0.05, 0) is 24.5 Å². The van der Waals surface area contributed by atoms with Gasteiger partial charge in [-0.1, -0.05) is 36.9 Å². The van der Waals surface area contributed by atoms with Crippen LogP contribution in [0.15, 0.2) is 55.4 Å². The van der Waals surface area contributed by atoms with E-state index in [0.29, 0.717) is 6.54 Å². The molecule has 104 valence electrons. The highest BCUT2D eigenvalue weighted by Crippen LogP contribution is 2.05. The Bertz CT molecular complexity index is 560. The molecule has 0 aliphatic rings. The molecule has 0 spiro atoms. The number of aromatic nitrogens is 2. The molecule has 0 saturated heterocycles. The second kappa shape index (κ2) is 7.28. The summed E-state index contributed by atoms with van der Waals surface area (Å²) in [7, 11) is 0. The van der Waals surface area contributed by atoms with Gasteiger partial charge in [0.1, 0.15) is 5.82 Å². The van der Waals surface area contributed by atoms with Crippen LogP contribution in [-0.4, -0.2) is 15.5 Å². The molecule has 2 rings (SSSR count). The maximum absolute atomic E-state index is 11.2. The van der Waals surface area contributed by atoms with Gasteiger partial charge in [0.15, 0.2) is 0 Å². The Labute approximate surface area is 119 Å². The molecule has 0 unspecified atom stereocenters. The minimum absolute atomic E-state index is 0.177. The maximum Gasteiger partial charge on any atom is 0.243 e. The summed E-state index contributed by atoms with van der Waals surface area (Å²) in [5.74, 6) is 0.692. The zero-order valence-electron chi connectivity index (χ0n) is 11.5. The third-order valence-corrected chi connectivity index (χ3v) is 3.12. The average Bonchev–Trinajstić information content (AvgIpc) is 2.93. The van der Waals surface area contributed by atoms with E-state index in [0.717, 1.165) is 25.2 Å². The van der Waals surface area contributed by atoms with Crippen LogP contribution in [-0.2, 0) is 24.3 Å². The van der Waals surface area contributed by atoms with Crippen LogP contribution in [0.4, 0.5) is 0 Å². The second-order valence-electron chi connectivity index (χ2n) is 4.55. The number of rotatable bonds is 7. The van der Waals surface area contributed by atoms with E-state index in [2.05, 4.69) is 45.7 Å². The van der Waals surface area contributed by atoms with E-state index in [4.69, 9.17) is 0 Å². The smallest absolute Gasteiger partial charge is 0.243 e. The molecule has 0 saturated carbocycles. The van der Waals surface area contributed by atoms with Crippen molar-refractivity contribution in [2.24, 2.45) is 0 Å². The van der Waals surface area contributed by atoms with E-state index < -0.39 is 0 Å². The molecule has 1 N–H and O–H groups in total. The fraction of sp³-hybridized carbons (Fsp3) is 0.250. The van der Waals surface area contributed by atoms with Crippen LogP contribution in [0, 0.1) is 0 Å². The predicted molar refractivity (Wildman–Crippen MR) is 79.0 cm³/mol. The molecule has 0 radical (unpaired) electrons. The number of carbonyl (C=O) groups excluding carboxylic acids is 1. The van der Waals surface area contributed by atoms with Gasteiger partial charge in [-0.2, -0.15) is 0 Å². The van der Waals surface area contributed by atoms with E-state index in [1.54, 1.807) is 6.20 Å². The molecule has 4 nitrogen and oxygen atoms in total. The minimum Gasteiger partial charge on any atom is -0.345 e. The van der Waals surface area contributed by atoms with Gasteiger partial charge in [-0.15, -0.1) is 0 Å². The van der Waals surface area contributed by atoms with Crippen molar-refractivity contribution in [1.82, 2.24) is 14.9 Å². The molecule has 0 aliphatic heterocycles. The molecule has 20 heavy (non-hydrogen) atoms. The largest absolute Gasteiger partial charge is 0.345 e. The first kappa shape index (κ1) is 14.1. The molecular formula is C16H19N3O. The van der Waals surface area contributed by atoms with Crippen molar-refractivity contribution in [1.29, 1.82) is 0 Å². The number of hydrogen-bond donors (Lipinski definition) is 1. The molecule has 0 bridgehead atoms. The number of imidazole rings is 1. The van der Waals surface area contributed by atoms with Gasteiger partial charge in [-0.3, -0.25) is 4.79 Å². The van der Waals surface area contributed by atoms with E-state index in [9.17, 15) is 4.79 Å². The van der Waals surface area contributed by atoms with Crippen molar-refractivity contribution >= 4 is 5.91 Å². The summed E-state index contributed by atoms with van der Waals surface area (Å²) in [4.78, 5) is 15.4. The first-order chi connectivity index (χ1) is 9.79. The van der Waals surface area contributed by atoms with Crippen molar-refractivity contribution in [3.63, 3.8) is 0 Å². The van der Waals surface area contributed by atoms with Crippen LogP contribution in [0.5, 0.6) is 0 Å². The van der Waals surface area contributed by atoms with Crippen LogP contribution < -0.4 is 5.32 Å². The highest BCUT2D eigenvalue weighted by Gasteiger charge is 2.03. The quantitative estimate of drug-likeness (QED) is 0.784. The molecule has 1 heterocycles. The van der Waals surface area contributed by atoms with Crippen LogP contribution >= 0.6 is 0 Å². The van der Waals surface area contributed by atoms with Crippen molar-refractivity contribution < 1.29 is 4.79 Å². The Morgan fingerprint density at radius 3 is 2.90 bits per heavy atom. The Balaban J connectivity index is 1.82. The number of amides is 1. The van der Waals surface area contributed by atoms with Crippen LogP contribution in [0.3, 0.4) is 0 Å². The molecule has 1 aromatic heterocycles. The zero-order valence-corrected chi connectivity index (χ0v) is 11.5. The molecule has 0 fully saturated rings. The zero-order chi connectivity index (χ0) is 14.2. The number of benzene rings is 1. The van der Waals surface area contributed by atoms with Crippen LogP contribution in [0.25, 0.3) is 0 Å². The Morgan fingerprint density at radius 2 is 2.15 bits per heavy atom.